The normalized spacial score (nSPS) is 24.6. The number of carbonyl (C=O) groups is 2. The first-order valence-electron chi connectivity index (χ1n) is 5.77. The number of nitrogens with one attached hydrogen (secondary N) is 1. The van der Waals surface area contributed by atoms with Gasteiger partial charge in [-0.2, -0.15) is 0 Å². The summed E-state index contributed by atoms with van der Waals surface area (Å²) in [5.41, 5.74) is 0. The molecule has 0 aromatic heterocycles. The van der Waals surface area contributed by atoms with Crippen molar-refractivity contribution in [1.29, 1.82) is 0 Å². The Morgan fingerprint density at radius 3 is 2.50 bits per heavy atom. The van der Waals surface area contributed by atoms with Crippen molar-refractivity contribution in [2.75, 3.05) is 6.61 Å². The van der Waals surface area contributed by atoms with E-state index in [1.807, 2.05) is 6.92 Å². The molecule has 0 aromatic carbocycles. The Balaban J connectivity index is 2.30. The molecular weight excluding hydrogens is 206 g/mol. The van der Waals surface area contributed by atoms with Crippen molar-refractivity contribution >= 4 is 11.9 Å². The van der Waals surface area contributed by atoms with Gasteiger partial charge >= 0.3 is 5.97 Å². The lowest BCUT2D eigenvalue weighted by Crippen LogP contribution is -2.38. The molecule has 90 valence electrons. The molecule has 0 radical (unpaired) electrons. The number of carbonyl (C=O) groups excluding carboxylic acids is 2. The number of hydrogen-bond acceptors (Lipinski definition) is 3. The number of esters is 1. The standard InChI is InChI=1S/C12H19NO3/c1-3-11(14)13-10-7-5-9(6-8-10)12(15)16-4-2/h3,9-10H,1,4-8H2,2H3,(H,13,14). The van der Waals surface area contributed by atoms with Crippen LogP contribution in [-0.2, 0) is 14.3 Å². The van der Waals surface area contributed by atoms with Crippen molar-refractivity contribution in [1.82, 2.24) is 5.32 Å². The van der Waals surface area contributed by atoms with Crippen molar-refractivity contribution in [3.8, 4) is 0 Å². The summed E-state index contributed by atoms with van der Waals surface area (Å²) >= 11 is 0. The van der Waals surface area contributed by atoms with Gasteiger partial charge in [-0.1, -0.05) is 6.58 Å². The van der Waals surface area contributed by atoms with E-state index in [0.717, 1.165) is 25.7 Å². The van der Waals surface area contributed by atoms with Crippen LogP contribution in [0.25, 0.3) is 0 Å². The van der Waals surface area contributed by atoms with Crippen LogP contribution in [0.2, 0.25) is 0 Å². The highest BCUT2D eigenvalue weighted by atomic mass is 16.5. The van der Waals surface area contributed by atoms with E-state index in [9.17, 15) is 9.59 Å². The van der Waals surface area contributed by atoms with Gasteiger partial charge in [0.15, 0.2) is 0 Å². The molecule has 0 atom stereocenters. The molecular formula is C12H19NO3. The van der Waals surface area contributed by atoms with E-state index in [1.54, 1.807) is 0 Å². The van der Waals surface area contributed by atoms with E-state index in [-0.39, 0.29) is 23.8 Å². The summed E-state index contributed by atoms with van der Waals surface area (Å²) in [6.45, 7) is 5.66. The molecule has 0 heterocycles. The summed E-state index contributed by atoms with van der Waals surface area (Å²) in [7, 11) is 0. The second kappa shape index (κ2) is 6.30. The average Bonchev–Trinajstić information content (AvgIpc) is 2.30. The van der Waals surface area contributed by atoms with Gasteiger partial charge in [0.25, 0.3) is 0 Å². The van der Waals surface area contributed by atoms with Gasteiger partial charge in [-0.15, -0.1) is 0 Å². The van der Waals surface area contributed by atoms with Gasteiger partial charge in [0.05, 0.1) is 12.5 Å². The van der Waals surface area contributed by atoms with E-state index < -0.39 is 0 Å². The van der Waals surface area contributed by atoms with Crippen LogP contribution >= 0.6 is 0 Å². The largest absolute Gasteiger partial charge is 0.466 e. The Kier molecular flexibility index (Phi) is 5.02. The van der Waals surface area contributed by atoms with Gasteiger partial charge in [0, 0.05) is 6.04 Å². The molecule has 0 aromatic rings. The smallest absolute Gasteiger partial charge is 0.308 e. The third kappa shape index (κ3) is 3.68. The molecule has 1 amide bonds. The summed E-state index contributed by atoms with van der Waals surface area (Å²) in [4.78, 5) is 22.5. The predicted molar refractivity (Wildman–Crippen MR) is 60.7 cm³/mol. The highest BCUT2D eigenvalue weighted by Gasteiger charge is 2.27. The van der Waals surface area contributed by atoms with Crippen molar-refractivity contribution in [3.05, 3.63) is 12.7 Å². The van der Waals surface area contributed by atoms with Crippen molar-refractivity contribution in [3.63, 3.8) is 0 Å². The molecule has 0 aliphatic heterocycles. The molecule has 4 nitrogen and oxygen atoms in total. The van der Waals surface area contributed by atoms with Crippen molar-refractivity contribution < 1.29 is 14.3 Å². The summed E-state index contributed by atoms with van der Waals surface area (Å²) in [5.74, 6) is -0.229. The second-order valence-corrected chi connectivity index (χ2v) is 4.01. The molecule has 0 unspecified atom stereocenters. The summed E-state index contributed by atoms with van der Waals surface area (Å²) < 4.78 is 4.98. The minimum Gasteiger partial charge on any atom is -0.466 e. The van der Waals surface area contributed by atoms with Crippen LogP contribution in [0.15, 0.2) is 12.7 Å². The lowest BCUT2D eigenvalue weighted by molar-refractivity contribution is -0.149. The van der Waals surface area contributed by atoms with Crippen molar-refractivity contribution in [2.45, 2.75) is 38.6 Å². The van der Waals surface area contributed by atoms with E-state index in [2.05, 4.69) is 11.9 Å². The Labute approximate surface area is 96.0 Å². The summed E-state index contributed by atoms with van der Waals surface area (Å²) in [6.07, 6.45) is 4.53. The molecule has 4 heteroatoms. The molecule has 0 saturated heterocycles. The quantitative estimate of drug-likeness (QED) is 0.581. The average molecular weight is 225 g/mol. The number of ether oxygens (including phenoxy) is 1. The number of hydrogen-bond donors (Lipinski definition) is 1. The van der Waals surface area contributed by atoms with Gasteiger partial charge in [-0.05, 0) is 38.7 Å². The second-order valence-electron chi connectivity index (χ2n) is 4.01. The first kappa shape index (κ1) is 12.7. The minimum atomic E-state index is -0.139. The van der Waals surface area contributed by atoms with E-state index >= 15 is 0 Å². The maximum atomic E-state index is 11.5. The first-order valence-corrected chi connectivity index (χ1v) is 5.77. The maximum Gasteiger partial charge on any atom is 0.308 e. The van der Waals surface area contributed by atoms with E-state index in [0.29, 0.717) is 6.61 Å². The first-order chi connectivity index (χ1) is 7.67. The molecule has 1 N–H and O–H groups in total. The highest BCUT2D eigenvalue weighted by Crippen LogP contribution is 2.25. The van der Waals surface area contributed by atoms with Gasteiger partial charge in [-0.25, -0.2) is 0 Å². The van der Waals surface area contributed by atoms with Crippen LogP contribution in [0.4, 0.5) is 0 Å². The molecule has 1 saturated carbocycles. The fourth-order valence-electron chi connectivity index (χ4n) is 1.99. The Hall–Kier alpha value is -1.32. The minimum absolute atomic E-state index is 0.0110. The van der Waals surface area contributed by atoms with Gasteiger partial charge in [0.2, 0.25) is 5.91 Å². The van der Waals surface area contributed by atoms with Crippen LogP contribution < -0.4 is 5.32 Å². The lowest BCUT2D eigenvalue weighted by Gasteiger charge is -2.27. The predicted octanol–water partition coefficient (Wildman–Crippen LogP) is 1.41. The molecule has 0 bridgehead atoms. The van der Waals surface area contributed by atoms with E-state index in [4.69, 9.17) is 4.74 Å². The van der Waals surface area contributed by atoms with Crippen LogP contribution in [0.5, 0.6) is 0 Å². The van der Waals surface area contributed by atoms with Crippen LogP contribution in [0.3, 0.4) is 0 Å². The lowest BCUT2D eigenvalue weighted by atomic mass is 9.86. The number of amides is 1. The Bertz CT molecular complexity index is 267. The zero-order valence-electron chi connectivity index (χ0n) is 9.70. The van der Waals surface area contributed by atoms with Crippen LogP contribution in [-0.4, -0.2) is 24.5 Å². The SMILES string of the molecule is C=CC(=O)NC1CCC(C(=O)OCC)CC1. The number of rotatable bonds is 4. The monoisotopic (exact) mass is 225 g/mol. The molecule has 1 fully saturated rings. The zero-order valence-corrected chi connectivity index (χ0v) is 9.70. The van der Waals surface area contributed by atoms with Gasteiger partial charge in [0.1, 0.15) is 0 Å². The summed E-state index contributed by atoms with van der Waals surface area (Å²) in [6, 6.07) is 0.177. The van der Waals surface area contributed by atoms with Crippen LogP contribution in [0, 0.1) is 5.92 Å². The molecule has 1 rings (SSSR count). The third-order valence-electron chi connectivity index (χ3n) is 2.88. The fourth-order valence-corrected chi connectivity index (χ4v) is 1.99. The van der Waals surface area contributed by atoms with Gasteiger partial charge < -0.3 is 10.1 Å². The fraction of sp³-hybridized carbons (Fsp3) is 0.667. The van der Waals surface area contributed by atoms with E-state index in [1.165, 1.54) is 6.08 Å². The molecule has 16 heavy (non-hydrogen) atoms. The van der Waals surface area contributed by atoms with Gasteiger partial charge in [-0.3, -0.25) is 9.59 Å². The van der Waals surface area contributed by atoms with Crippen molar-refractivity contribution in [2.24, 2.45) is 5.92 Å². The summed E-state index contributed by atoms with van der Waals surface area (Å²) in [5, 5.41) is 2.85. The third-order valence-corrected chi connectivity index (χ3v) is 2.88. The highest BCUT2D eigenvalue weighted by molar-refractivity contribution is 5.87. The molecule has 0 spiro atoms. The molecule has 1 aliphatic rings. The molecule has 1 aliphatic carbocycles. The topological polar surface area (TPSA) is 55.4 Å². The Morgan fingerprint density at radius 1 is 1.38 bits per heavy atom. The van der Waals surface area contributed by atoms with Crippen LogP contribution in [0.1, 0.15) is 32.6 Å². The zero-order chi connectivity index (χ0) is 12.0. The Morgan fingerprint density at radius 2 is 2.00 bits per heavy atom. The maximum absolute atomic E-state index is 11.5.